The molecule has 0 unspecified atom stereocenters. The van der Waals surface area contributed by atoms with Crippen molar-refractivity contribution in [1.82, 2.24) is 25.7 Å². The second-order valence-electron chi connectivity index (χ2n) is 6.22. The fraction of sp³-hybridized carbons (Fsp3) is 0.444. The maximum Gasteiger partial charge on any atom is 0.315 e. The van der Waals surface area contributed by atoms with Crippen molar-refractivity contribution in [3.8, 4) is 0 Å². The summed E-state index contributed by atoms with van der Waals surface area (Å²) in [6.07, 6.45) is 1.67. The third-order valence-corrected chi connectivity index (χ3v) is 4.37. The van der Waals surface area contributed by atoms with E-state index >= 15 is 0 Å². The summed E-state index contributed by atoms with van der Waals surface area (Å²) in [6, 6.07) is 10.3. The Balaban J connectivity index is 1.60. The third kappa shape index (κ3) is 5.04. The van der Waals surface area contributed by atoms with Crippen LogP contribution in [-0.4, -0.2) is 54.0 Å². The minimum Gasteiger partial charge on any atom is -0.379 e. The van der Waals surface area contributed by atoms with E-state index in [0.29, 0.717) is 13.1 Å². The van der Waals surface area contributed by atoms with Gasteiger partial charge in [0, 0.05) is 25.8 Å². The third-order valence-electron chi connectivity index (χ3n) is 4.37. The molecule has 2 heterocycles. The zero-order chi connectivity index (χ0) is 17.5. The molecule has 7 nitrogen and oxygen atoms in total. The number of aromatic amines is 1. The first-order valence-corrected chi connectivity index (χ1v) is 8.60. The van der Waals surface area contributed by atoms with Gasteiger partial charge in [-0.15, -0.1) is 0 Å². The van der Waals surface area contributed by atoms with E-state index in [1.54, 1.807) is 6.20 Å². The van der Waals surface area contributed by atoms with Gasteiger partial charge in [0.1, 0.15) is 0 Å². The predicted molar refractivity (Wildman–Crippen MR) is 95.1 cm³/mol. The van der Waals surface area contributed by atoms with Crippen molar-refractivity contribution < 1.29 is 9.53 Å². The van der Waals surface area contributed by atoms with Crippen molar-refractivity contribution in [3.63, 3.8) is 0 Å². The number of nitrogens with zero attached hydrogens (tertiary/aromatic N) is 2. The summed E-state index contributed by atoms with van der Waals surface area (Å²) >= 11 is 0. The first-order valence-electron chi connectivity index (χ1n) is 8.60. The van der Waals surface area contributed by atoms with E-state index in [1.165, 1.54) is 11.1 Å². The van der Waals surface area contributed by atoms with Crippen LogP contribution < -0.4 is 10.6 Å². The van der Waals surface area contributed by atoms with Crippen LogP contribution in [0.15, 0.2) is 36.5 Å². The molecule has 25 heavy (non-hydrogen) atoms. The van der Waals surface area contributed by atoms with Crippen molar-refractivity contribution in [2.75, 3.05) is 32.8 Å². The Hall–Kier alpha value is -2.38. The van der Waals surface area contributed by atoms with Crippen molar-refractivity contribution >= 4 is 6.03 Å². The molecular formula is C18H25N5O2. The molecule has 134 valence electrons. The zero-order valence-electron chi connectivity index (χ0n) is 14.5. The first kappa shape index (κ1) is 17.4. The van der Waals surface area contributed by atoms with Crippen LogP contribution in [0, 0.1) is 6.92 Å². The number of carbonyl (C=O) groups excluding carboxylic acids is 1. The zero-order valence-corrected chi connectivity index (χ0v) is 14.5. The molecule has 2 amide bonds. The Morgan fingerprint density at radius 2 is 2.16 bits per heavy atom. The Labute approximate surface area is 147 Å². The van der Waals surface area contributed by atoms with Gasteiger partial charge in [-0.3, -0.25) is 10.00 Å². The van der Waals surface area contributed by atoms with Crippen LogP contribution in [-0.2, 0) is 11.3 Å². The highest BCUT2D eigenvalue weighted by molar-refractivity contribution is 5.73. The lowest BCUT2D eigenvalue weighted by Gasteiger charge is -2.35. The van der Waals surface area contributed by atoms with Gasteiger partial charge in [0.2, 0.25) is 0 Å². The highest BCUT2D eigenvalue weighted by Crippen LogP contribution is 2.22. The Bertz CT molecular complexity index is 668. The number of aryl methyl sites for hydroxylation is 1. The maximum atomic E-state index is 12.1. The topological polar surface area (TPSA) is 82.3 Å². The van der Waals surface area contributed by atoms with E-state index in [-0.39, 0.29) is 12.1 Å². The molecule has 3 N–H and O–H groups in total. The molecule has 7 heteroatoms. The minimum absolute atomic E-state index is 0.140. The van der Waals surface area contributed by atoms with Gasteiger partial charge < -0.3 is 15.4 Å². The van der Waals surface area contributed by atoms with Crippen LogP contribution in [0.5, 0.6) is 0 Å². The normalized spacial score (nSPS) is 16.4. The molecule has 1 aromatic heterocycles. The Morgan fingerprint density at radius 1 is 1.32 bits per heavy atom. The average molecular weight is 343 g/mol. The standard InChI is InChI=1S/C18H25N5O2/c1-14-3-2-4-15(11-14)17(23-7-9-25-10-8-23)13-20-18(24)19-12-16-5-6-21-22-16/h2-6,11,17H,7-10,12-13H2,1H3,(H,21,22)(H2,19,20,24)/t17-/m0/s1. The number of nitrogens with one attached hydrogen (secondary N) is 3. The Kier molecular flexibility index (Phi) is 6.03. The van der Waals surface area contributed by atoms with E-state index in [9.17, 15) is 4.79 Å². The van der Waals surface area contributed by atoms with E-state index in [0.717, 1.165) is 32.0 Å². The van der Waals surface area contributed by atoms with Gasteiger partial charge in [0.05, 0.1) is 31.5 Å². The minimum atomic E-state index is -0.180. The molecule has 1 atom stereocenters. The van der Waals surface area contributed by atoms with Crippen molar-refractivity contribution in [2.45, 2.75) is 19.5 Å². The molecule has 0 radical (unpaired) electrons. The molecule has 1 aliphatic heterocycles. The van der Waals surface area contributed by atoms with Crippen LogP contribution in [0.4, 0.5) is 4.79 Å². The van der Waals surface area contributed by atoms with Crippen LogP contribution in [0.2, 0.25) is 0 Å². The summed E-state index contributed by atoms with van der Waals surface area (Å²) in [7, 11) is 0. The first-order chi connectivity index (χ1) is 12.2. The number of urea groups is 1. The number of carbonyl (C=O) groups is 1. The molecule has 1 saturated heterocycles. The monoisotopic (exact) mass is 343 g/mol. The van der Waals surface area contributed by atoms with Gasteiger partial charge in [-0.25, -0.2) is 4.79 Å². The molecule has 0 aliphatic carbocycles. The number of aromatic nitrogens is 2. The second kappa shape index (κ2) is 8.64. The molecule has 1 aliphatic rings. The molecule has 2 aromatic rings. The van der Waals surface area contributed by atoms with E-state index in [2.05, 4.69) is 56.9 Å². The van der Waals surface area contributed by atoms with Gasteiger partial charge >= 0.3 is 6.03 Å². The van der Waals surface area contributed by atoms with E-state index in [4.69, 9.17) is 4.74 Å². The van der Waals surface area contributed by atoms with Crippen LogP contribution in [0.1, 0.15) is 22.9 Å². The number of benzene rings is 1. The highest BCUT2D eigenvalue weighted by Gasteiger charge is 2.23. The van der Waals surface area contributed by atoms with Gasteiger partial charge in [0.25, 0.3) is 0 Å². The molecule has 0 bridgehead atoms. The van der Waals surface area contributed by atoms with Gasteiger partial charge in [-0.2, -0.15) is 5.10 Å². The molecular weight excluding hydrogens is 318 g/mol. The maximum absolute atomic E-state index is 12.1. The lowest BCUT2D eigenvalue weighted by Crippen LogP contribution is -2.45. The number of ether oxygens (including phenoxy) is 1. The molecule has 3 rings (SSSR count). The second-order valence-corrected chi connectivity index (χ2v) is 6.22. The average Bonchev–Trinajstić information content (AvgIpc) is 3.15. The summed E-state index contributed by atoms with van der Waals surface area (Å²) in [6.45, 7) is 6.27. The summed E-state index contributed by atoms with van der Waals surface area (Å²) < 4.78 is 5.46. The van der Waals surface area contributed by atoms with Gasteiger partial charge in [-0.1, -0.05) is 29.8 Å². The summed E-state index contributed by atoms with van der Waals surface area (Å²) in [5.41, 5.74) is 3.31. The highest BCUT2D eigenvalue weighted by atomic mass is 16.5. The van der Waals surface area contributed by atoms with Crippen LogP contribution >= 0.6 is 0 Å². The molecule has 0 saturated carbocycles. The summed E-state index contributed by atoms with van der Waals surface area (Å²) in [4.78, 5) is 14.5. The van der Waals surface area contributed by atoms with Crippen molar-refractivity contribution in [3.05, 3.63) is 53.3 Å². The predicted octanol–water partition coefficient (Wildman–Crippen LogP) is 1.59. The number of H-pyrrole nitrogens is 1. The number of hydrogen-bond donors (Lipinski definition) is 3. The molecule has 1 aromatic carbocycles. The molecule has 1 fully saturated rings. The van der Waals surface area contributed by atoms with Crippen LogP contribution in [0.25, 0.3) is 0 Å². The molecule has 0 spiro atoms. The number of hydrogen-bond acceptors (Lipinski definition) is 4. The fourth-order valence-electron chi connectivity index (χ4n) is 3.03. The smallest absolute Gasteiger partial charge is 0.315 e. The van der Waals surface area contributed by atoms with Gasteiger partial charge in [-0.05, 0) is 18.6 Å². The largest absolute Gasteiger partial charge is 0.379 e. The SMILES string of the molecule is Cc1cccc([C@H](CNC(=O)NCc2ccn[nH]2)N2CCOCC2)c1. The number of rotatable bonds is 6. The van der Waals surface area contributed by atoms with Gasteiger partial charge in [0.15, 0.2) is 0 Å². The van der Waals surface area contributed by atoms with E-state index < -0.39 is 0 Å². The van der Waals surface area contributed by atoms with Crippen LogP contribution in [0.3, 0.4) is 0 Å². The summed E-state index contributed by atoms with van der Waals surface area (Å²) in [5, 5.41) is 12.5. The fourth-order valence-corrected chi connectivity index (χ4v) is 3.03. The Morgan fingerprint density at radius 3 is 2.88 bits per heavy atom. The number of morpholine rings is 1. The lowest BCUT2D eigenvalue weighted by atomic mass is 10.0. The summed E-state index contributed by atoms with van der Waals surface area (Å²) in [5.74, 6) is 0. The van der Waals surface area contributed by atoms with Crippen molar-refractivity contribution in [1.29, 1.82) is 0 Å². The number of amides is 2. The van der Waals surface area contributed by atoms with Crippen molar-refractivity contribution in [2.24, 2.45) is 0 Å². The quantitative estimate of drug-likeness (QED) is 0.744. The van der Waals surface area contributed by atoms with E-state index in [1.807, 2.05) is 6.07 Å². The lowest BCUT2D eigenvalue weighted by molar-refractivity contribution is 0.0167.